The Bertz CT molecular complexity index is 526. The summed E-state index contributed by atoms with van der Waals surface area (Å²) >= 11 is 0. The molecule has 6 heteroatoms. The number of para-hydroxylation sites is 1. The number of nitro benzene ring substituents is 1. The van der Waals surface area contributed by atoms with E-state index in [0.717, 1.165) is 5.57 Å². The fourth-order valence-corrected chi connectivity index (χ4v) is 1.66. The lowest BCUT2D eigenvalue weighted by atomic mass is 10.1. The van der Waals surface area contributed by atoms with Crippen molar-refractivity contribution in [2.45, 2.75) is 13.8 Å². The van der Waals surface area contributed by atoms with E-state index in [4.69, 9.17) is 4.74 Å². The van der Waals surface area contributed by atoms with Crippen LogP contribution in [0.4, 0.5) is 5.69 Å². The molecule has 1 N–H and O–H groups in total. The summed E-state index contributed by atoms with van der Waals surface area (Å²) in [5.41, 5.74) is 1.26. The third-order valence-electron chi connectivity index (χ3n) is 2.55. The molecule has 0 heterocycles. The van der Waals surface area contributed by atoms with E-state index in [1.807, 2.05) is 6.92 Å². The first-order chi connectivity index (χ1) is 9.43. The summed E-state index contributed by atoms with van der Waals surface area (Å²) in [4.78, 5) is 22.4. The van der Waals surface area contributed by atoms with Crippen molar-refractivity contribution in [3.8, 4) is 0 Å². The number of nitrogens with zero attached hydrogens (tertiary/aromatic N) is 1. The molecule has 0 saturated carbocycles. The summed E-state index contributed by atoms with van der Waals surface area (Å²) in [5.74, 6) is -0.473. The maximum atomic E-state index is 11.9. The minimum atomic E-state index is -0.540. The third kappa shape index (κ3) is 4.47. The number of carbonyl (C=O) groups is 1. The standard InChI is InChI=1S/C14H18N2O4/c1-10(2)9-20-8-7-15-14(17)12-6-4-5-11(3)13(12)16(18)19/h4-6H,1,7-9H2,2-3H3,(H,15,17). The third-order valence-corrected chi connectivity index (χ3v) is 2.55. The maximum absolute atomic E-state index is 11.9. The normalized spacial score (nSPS) is 10.1. The Balaban J connectivity index is 2.62. The number of ether oxygens (including phenoxy) is 1. The van der Waals surface area contributed by atoms with Gasteiger partial charge in [-0.1, -0.05) is 24.3 Å². The summed E-state index contributed by atoms with van der Waals surface area (Å²) in [7, 11) is 0. The van der Waals surface area contributed by atoms with Gasteiger partial charge >= 0.3 is 0 Å². The number of hydrogen-bond donors (Lipinski definition) is 1. The van der Waals surface area contributed by atoms with Crippen molar-refractivity contribution in [2.75, 3.05) is 19.8 Å². The Hall–Kier alpha value is -2.21. The van der Waals surface area contributed by atoms with E-state index >= 15 is 0 Å². The zero-order valence-electron chi connectivity index (χ0n) is 11.6. The van der Waals surface area contributed by atoms with E-state index in [9.17, 15) is 14.9 Å². The van der Waals surface area contributed by atoms with Crippen LogP contribution in [0.5, 0.6) is 0 Å². The number of hydrogen-bond acceptors (Lipinski definition) is 4. The lowest BCUT2D eigenvalue weighted by molar-refractivity contribution is -0.385. The van der Waals surface area contributed by atoms with Crippen LogP contribution in [-0.2, 0) is 4.74 Å². The van der Waals surface area contributed by atoms with E-state index in [0.29, 0.717) is 18.8 Å². The molecule has 0 fully saturated rings. The van der Waals surface area contributed by atoms with Crippen molar-refractivity contribution < 1.29 is 14.5 Å². The predicted molar refractivity (Wildman–Crippen MR) is 75.8 cm³/mol. The van der Waals surface area contributed by atoms with Gasteiger partial charge in [-0.05, 0) is 19.9 Å². The molecule has 1 aromatic carbocycles. The number of nitro groups is 1. The second-order valence-corrected chi connectivity index (χ2v) is 4.49. The SMILES string of the molecule is C=C(C)COCCNC(=O)c1cccc(C)c1[N+](=O)[O-]. The molecule has 0 aliphatic heterocycles. The molecule has 6 nitrogen and oxygen atoms in total. The smallest absolute Gasteiger partial charge is 0.285 e. The van der Waals surface area contributed by atoms with Gasteiger partial charge in [0.05, 0.1) is 18.1 Å². The van der Waals surface area contributed by atoms with Crippen LogP contribution in [0, 0.1) is 17.0 Å². The highest BCUT2D eigenvalue weighted by Gasteiger charge is 2.21. The van der Waals surface area contributed by atoms with Crippen molar-refractivity contribution in [1.29, 1.82) is 0 Å². The highest BCUT2D eigenvalue weighted by molar-refractivity contribution is 5.98. The number of aryl methyl sites for hydroxylation is 1. The number of nitrogens with one attached hydrogen (secondary N) is 1. The number of carbonyl (C=O) groups excluding carboxylic acids is 1. The van der Waals surface area contributed by atoms with Gasteiger partial charge in [-0.2, -0.15) is 0 Å². The van der Waals surface area contributed by atoms with Crippen molar-refractivity contribution in [3.63, 3.8) is 0 Å². The Morgan fingerprint density at radius 1 is 1.50 bits per heavy atom. The molecule has 0 saturated heterocycles. The fraction of sp³-hybridized carbons (Fsp3) is 0.357. The van der Waals surface area contributed by atoms with Gasteiger partial charge in [0.25, 0.3) is 11.6 Å². The Morgan fingerprint density at radius 2 is 2.20 bits per heavy atom. The van der Waals surface area contributed by atoms with Crippen LogP contribution in [0.1, 0.15) is 22.8 Å². The van der Waals surface area contributed by atoms with Crippen molar-refractivity contribution in [2.24, 2.45) is 0 Å². The van der Waals surface area contributed by atoms with E-state index in [1.165, 1.54) is 6.07 Å². The average Bonchev–Trinajstić information content (AvgIpc) is 2.36. The lowest BCUT2D eigenvalue weighted by Crippen LogP contribution is -2.28. The first kappa shape index (κ1) is 15.8. The fourth-order valence-electron chi connectivity index (χ4n) is 1.66. The van der Waals surface area contributed by atoms with Crippen LogP contribution in [-0.4, -0.2) is 30.6 Å². The minimum absolute atomic E-state index is 0.0647. The molecule has 0 bridgehead atoms. The monoisotopic (exact) mass is 278 g/mol. The first-order valence-electron chi connectivity index (χ1n) is 6.17. The molecule has 0 radical (unpaired) electrons. The Morgan fingerprint density at radius 3 is 2.80 bits per heavy atom. The van der Waals surface area contributed by atoms with E-state index < -0.39 is 10.8 Å². The second-order valence-electron chi connectivity index (χ2n) is 4.49. The molecule has 20 heavy (non-hydrogen) atoms. The summed E-state index contributed by atoms with van der Waals surface area (Å²) < 4.78 is 5.23. The second kappa shape index (κ2) is 7.40. The lowest BCUT2D eigenvalue weighted by Gasteiger charge is -2.07. The largest absolute Gasteiger partial charge is 0.375 e. The zero-order chi connectivity index (χ0) is 15.1. The van der Waals surface area contributed by atoms with Gasteiger partial charge in [0, 0.05) is 12.1 Å². The van der Waals surface area contributed by atoms with Gasteiger partial charge in [-0.25, -0.2) is 0 Å². The summed E-state index contributed by atoms with van der Waals surface area (Å²) in [6.07, 6.45) is 0. The van der Waals surface area contributed by atoms with Gasteiger partial charge in [0.2, 0.25) is 0 Å². The summed E-state index contributed by atoms with van der Waals surface area (Å²) in [6, 6.07) is 4.66. The highest BCUT2D eigenvalue weighted by Crippen LogP contribution is 2.22. The van der Waals surface area contributed by atoms with E-state index in [1.54, 1.807) is 19.1 Å². The Labute approximate surface area is 117 Å². The average molecular weight is 278 g/mol. The first-order valence-corrected chi connectivity index (χ1v) is 6.17. The number of amides is 1. The molecule has 0 aliphatic rings. The molecular formula is C14H18N2O4. The van der Waals surface area contributed by atoms with Gasteiger partial charge in [-0.3, -0.25) is 14.9 Å². The van der Waals surface area contributed by atoms with Gasteiger partial charge < -0.3 is 10.1 Å². The maximum Gasteiger partial charge on any atom is 0.285 e. The molecule has 1 amide bonds. The molecule has 0 aromatic heterocycles. The molecule has 1 rings (SSSR count). The minimum Gasteiger partial charge on any atom is -0.375 e. The van der Waals surface area contributed by atoms with Crippen LogP contribution < -0.4 is 5.32 Å². The van der Waals surface area contributed by atoms with E-state index in [2.05, 4.69) is 11.9 Å². The molecule has 1 aromatic rings. The van der Waals surface area contributed by atoms with Crippen LogP contribution in [0.2, 0.25) is 0 Å². The molecular weight excluding hydrogens is 260 g/mol. The quantitative estimate of drug-likeness (QED) is 0.359. The summed E-state index contributed by atoms with van der Waals surface area (Å²) in [6.45, 7) is 8.18. The van der Waals surface area contributed by atoms with Crippen LogP contribution in [0.15, 0.2) is 30.4 Å². The van der Waals surface area contributed by atoms with E-state index in [-0.39, 0.29) is 17.8 Å². The molecule has 0 unspecified atom stereocenters. The summed E-state index contributed by atoms with van der Waals surface area (Å²) in [5, 5.41) is 13.6. The van der Waals surface area contributed by atoms with Crippen LogP contribution in [0.25, 0.3) is 0 Å². The molecule has 0 spiro atoms. The number of benzene rings is 1. The Kier molecular flexibility index (Phi) is 5.86. The van der Waals surface area contributed by atoms with Gasteiger partial charge in [-0.15, -0.1) is 0 Å². The number of rotatable bonds is 7. The van der Waals surface area contributed by atoms with Crippen LogP contribution >= 0.6 is 0 Å². The highest BCUT2D eigenvalue weighted by atomic mass is 16.6. The van der Waals surface area contributed by atoms with Gasteiger partial charge in [0.1, 0.15) is 5.56 Å². The van der Waals surface area contributed by atoms with Gasteiger partial charge in [0.15, 0.2) is 0 Å². The molecule has 0 aliphatic carbocycles. The topological polar surface area (TPSA) is 81.5 Å². The van der Waals surface area contributed by atoms with Crippen LogP contribution in [0.3, 0.4) is 0 Å². The van der Waals surface area contributed by atoms with Crippen molar-refractivity contribution in [1.82, 2.24) is 5.32 Å². The van der Waals surface area contributed by atoms with Crippen molar-refractivity contribution in [3.05, 3.63) is 51.6 Å². The van der Waals surface area contributed by atoms with Crippen molar-refractivity contribution >= 4 is 11.6 Å². The predicted octanol–water partition coefficient (Wildman–Crippen LogP) is 2.23. The molecule has 0 atom stereocenters. The zero-order valence-corrected chi connectivity index (χ0v) is 11.6. The molecule has 108 valence electrons.